The molecule has 3 rings (SSSR count). The lowest BCUT2D eigenvalue weighted by atomic mass is 9.94. The van der Waals surface area contributed by atoms with Gasteiger partial charge in [-0.15, -0.1) is 11.3 Å². The van der Waals surface area contributed by atoms with Crippen LogP contribution in [0.1, 0.15) is 68.7 Å². The highest BCUT2D eigenvalue weighted by molar-refractivity contribution is 7.13. The number of nitriles is 2. The molecule has 2 aromatic rings. The zero-order valence-corrected chi connectivity index (χ0v) is 27.5. The Labute approximate surface area is 277 Å². The average molecular weight is 661 g/mol. The van der Waals surface area contributed by atoms with Crippen molar-refractivity contribution in [3.05, 3.63) is 97.9 Å². The second-order valence-corrected chi connectivity index (χ2v) is 12.1. The van der Waals surface area contributed by atoms with Gasteiger partial charge >= 0.3 is 12.1 Å². The minimum atomic E-state index is -4.94. The van der Waals surface area contributed by atoms with E-state index in [2.05, 4.69) is 30.2 Å². The second kappa shape index (κ2) is 16.0. The molecule has 11 heteroatoms. The van der Waals surface area contributed by atoms with E-state index in [1.54, 1.807) is 31.2 Å². The third-order valence-electron chi connectivity index (χ3n) is 7.36. The first-order valence-corrected chi connectivity index (χ1v) is 15.8. The van der Waals surface area contributed by atoms with Crippen LogP contribution in [0, 0.1) is 29.2 Å². The summed E-state index contributed by atoms with van der Waals surface area (Å²) in [5, 5.41) is 18.4. The van der Waals surface area contributed by atoms with E-state index in [-0.39, 0.29) is 5.57 Å². The van der Waals surface area contributed by atoms with Gasteiger partial charge in [0.15, 0.2) is 11.3 Å². The molecule has 0 amide bonds. The summed E-state index contributed by atoms with van der Waals surface area (Å²) in [6.45, 7) is 19.5. The van der Waals surface area contributed by atoms with Crippen molar-refractivity contribution in [2.24, 2.45) is 0 Å². The van der Waals surface area contributed by atoms with Gasteiger partial charge in [-0.3, -0.25) is 0 Å². The normalized spacial score (nSPS) is 16.1. The van der Waals surface area contributed by atoms with Crippen molar-refractivity contribution >= 4 is 41.2 Å². The van der Waals surface area contributed by atoms with E-state index in [0.717, 1.165) is 62.3 Å². The summed E-state index contributed by atoms with van der Waals surface area (Å²) in [5.41, 5.74) is -2.82. The van der Waals surface area contributed by atoms with Crippen molar-refractivity contribution in [1.29, 1.82) is 10.5 Å². The minimum absolute atomic E-state index is 0.263. The number of nitrogens with zero attached hydrogens (tertiary/aromatic N) is 4. The SMILES string of the molecule is [C-]#[N+]C1=C(/C=C/c2ccc(/C=C/c3ccc(N(CCCC)CCCC)cc3OC(=O)C(=C)C)s2)C(C)(C(F)(F)F)OC1=C(C#N)C#N. The zero-order valence-electron chi connectivity index (χ0n) is 26.7. The predicted molar refractivity (Wildman–Crippen MR) is 179 cm³/mol. The monoisotopic (exact) mass is 660 g/mol. The Kier molecular flexibility index (Phi) is 12.4. The van der Waals surface area contributed by atoms with Gasteiger partial charge in [0.25, 0.3) is 0 Å². The lowest BCUT2D eigenvalue weighted by Gasteiger charge is -2.29. The first-order chi connectivity index (χ1) is 22.3. The number of thiophene rings is 1. The molecule has 1 aliphatic rings. The van der Waals surface area contributed by atoms with Crippen molar-refractivity contribution in [3.8, 4) is 17.9 Å². The Morgan fingerprint density at radius 3 is 2.19 bits per heavy atom. The van der Waals surface area contributed by atoms with Gasteiger partial charge in [-0.25, -0.2) is 9.64 Å². The smallest absolute Gasteiger partial charge is 0.430 e. The maximum absolute atomic E-state index is 14.1. The van der Waals surface area contributed by atoms with Crippen molar-refractivity contribution in [1.82, 2.24) is 0 Å². The molecule has 2 heterocycles. The van der Waals surface area contributed by atoms with Crippen LogP contribution >= 0.6 is 11.3 Å². The molecular formula is C36H35F3N4O3S. The molecule has 1 atom stereocenters. The van der Waals surface area contributed by atoms with Crippen LogP contribution in [0.25, 0.3) is 23.1 Å². The van der Waals surface area contributed by atoms with Gasteiger partial charge in [0.2, 0.25) is 11.3 Å². The first kappa shape index (κ1) is 36.4. The van der Waals surface area contributed by atoms with Gasteiger partial charge in [0.05, 0.1) is 6.57 Å². The molecule has 0 fully saturated rings. The zero-order chi connectivity index (χ0) is 34.8. The van der Waals surface area contributed by atoms with Crippen LogP contribution in [-0.2, 0) is 9.53 Å². The molecule has 7 nitrogen and oxygen atoms in total. The highest BCUT2D eigenvalue weighted by atomic mass is 32.1. The number of hydrogen-bond acceptors (Lipinski definition) is 7. The van der Waals surface area contributed by atoms with Gasteiger partial charge in [-0.2, -0.15) is 23.7 Å². The maximum atomic E-state index is 14.1. The van der Waals surface area contributed by atoms with Gasteiger partial charge in [-0.05, 0) is 69.2 Å². The van der Waals surface area contributed by atoms with Crippen molar-refractivity contribution in [2.75, 3.05) is 18.0 Å². The standard InChI is InChI=1S/C36H35F3N4O3S/c1-7-9-19-43(20-10-8-2)27-13-11-25(31(21-27)45-34(44)24(3)4)12-14-28-15-16-29(47-28)17-18-30-32(42-6)33(26(22-40)23-41)46-35(30,5)36(37,38)39/h11-18,21H,3,7-10,19-20H2,1-2,4-5H3/b14-12+,18-17+. The van der Waals surface area contributed by atoms with Crippen LogP contribution in [-0.4, -0.2) is 30.8 Å². The highest BCUT2D eigenvalue weighted by Gasteiger charge is 2.60. The fourth-order valence-corrected chi connectivity index (χ4v) is 5.41. The number of allylic oxidation sites excluding steroid dienone is 1. The summed E-state index contributed by atoms with van der Waals surface area (Å²) < 4.78 is 53.2. The summed E-state index contributed by atoms with van der Waals surface area (Å²) in [4.78, 5) is 19.3. The molecule has 0 aliphatic carbocycles. The lowest BCUT2D eigenvalue weighted by molar-refractivity contribution is -0.236. The topological polar surface area (TPSA) is 90.7 Å². The third kappa shape index (κ3) is 8.61. The summed E-state index contributed by atoms with van der Waals surface area (Å²) in [6.07, 6.45) is 5.37. The molecule has 1 aromatic carbocycles. The predicted octanol–water partition coefficient (Wildman–Crippen LogP) is 9.65. The fraction of sp³-hybridized carbons (Fsp3) is 0.333. The Morgan fingerprint density at radius 1 is 1.09 bits per heavy atom. The van der Waals surface area contributed by atoms with E-state index < -0.39 is 40.3 Å². The fourth-order valence-electron chi connectivity index (χ4n) is 4.60. The molecule has 1 aromatic heterocycles. The number of carbonyl (C=O) groups is 1. The molecule has 0 spiro atoms. The Morgan fingerprint density at radius 2 is 1.68 bits per heavy atom. The van der Waals surface area contributed by atoms with Gasteiger partial charge in [0, 0.05) is 51.3 Å². The summed E-state index contributed by atoms with van der Waals surface area (Å²) in [6, 6.07) is 12.2. The Bertz CT molecular complexity index is 1740. The number of anilines is 1. The summed E-state index contributed by atoms with van der Waals surface area (Å²) in [5.74, 6) is -0.850. The summed E-state index contributed by atoms with van der Waals surface area (Å²) in [7, 11) is 0. The first-order valence-electron chi connectivity index (χ1n) is 15.0. The number of benzene rings is 1. The number of alkyl halides is 3. The van der Waals surface area contributed by atoms with E-state index in [1.165, 1.54) is 29.6 Å². The molecule has 0 bridgehead atoms. The average Bonchev–Trinajstić information content (AvgIpc) is 3.61. The number of unbranched alkanes of at least 4 members (excludes halogenated alkanes) is 2. The lowest BCUT2D eigenvalue weighted by Crippen LogP contribution is -2.43. The number of esters is 1. The maximum Gasteiger partial charge on any atom is 0.430 e. The molecule has 0 saturated heterocycles. The third-order valence-corrected chi connectivity index (χ3v) is 8.38. The van der Waals surface area contributed by atoms with E-state index in [4.69, 9.17) is 16.0 Å². The van der Waals surface area contributed by atoms with Gasteiger partial charge in [-0.1, -0.05) is 39.3 Å². The minimum Gasteiger partial charge on any atom is -0.483 e. The van der Waals surface area contributed by atoms with Crippen LogP contribution in [0.2, 0.25) is 0 Å². The van der Waals surface area contributed by atoms with Crippen molar-refractivity contribution in [2.45, 2.75) is 65.2 Å². The quantitative estimate of drug-likeness (QED) is 0.0699. The van der Waals surface area contributed by atoms with E-state index in [0.29, 0.717) is 16.2 Å². The molecule has 0 N–H and O–H groups in total. The molecule has 1 unspecified atom stereocenters. The second-order valence-electron chi connectivity index (χ2n) is 10.9. The summed E-state index contributed by atoms with van der Waals surface area (Å²) >= 11 is 1.28. The molecule has 1 aliphatic heterocycles. The van der Waals surface area contributed by atoms with E-state index in [9.17, 15) is 28.5 Å². The Balaban J connectivity index is 1.97. The van der Waals surface area contributed by atoms with Crippen molar-refractivity contribution in [3.63, 3.8) is 0 Å². The van der Waals surface area contributed by atoms with Crippen LogP contribution in [0.3, 0.4) is 0 Å². The molecule has 0 radical (unpaired) electrons. The number of rotatable bonds is 13. The number of ether oxygens (including phenoxy) is 2. The van der Waals surface area contributed by atoms with Gasteiger partial charge < -0.3 is 14.4 Å². The number of halogens is 3. The van der Waals surface area contributed by atoms with Crippen LogP contribution in [0.5, 0.6) is 5.75 Å². The number of hydrogen-bond donors (Lipinski definition) is 0. The molecule has 244 valence electrons. The van der Waals surface area contributed by atoms with Crippen molar-refractivity contribution < 1.29 is 27.4 Å². The molecule has 0 saturated carbocycles. The van der Waals surface area contributed by atoms with E-state index >= 15 is 0 Å². The molecule has 47 heavy (non-hydrogen) atoms. The van der Waals surface area contributed by atoms with Crippen LogP contribution in [0.4, 0.5) is 18.9 Å². The van der Waals surface area contributed by atoms with Crippen LogP contribution < -0.4 is 9.64 Å². The highest BCUT2D eigenvalue weighted by Crippen LogP contribution is 2.50. The largest absolute Gasteiger partial charge is 0.483 e. The molecular weight excluding hydrogens is 625 g/mol. The van der Waals surface area contributed by atoms with E-state index in [1.807, 2.05) is 18.2 Å². The number of carbonyl (C=O) groups excluding carboxylic acids is 1. The van der Waals surface area contributed by atoms with Gasteiger partial charge in [0.1, 0.15) is 17.9 Å². The van der Waals surface area contributed by atoms with Crippen LogP contribution in [0.15, 0.2) is 71.2 Å². The Hall–Kier alpha value is -5.05.